The van der Waals surface area contributed by atoms with Gasteiger partial charge in [-0.15, -0.1) is 0 Å². The van der Waals surface area contributed by atoms with Gasteiger partial charge in [-0.2, -0.15) is 0 Å². The molecule has 0 amide bonds. The molecule has 1 fully saturated rings. The van der Waals surface area contributed by atoms with Crippen molar-refractivity contribution in [1.82, 2.24) is 19.5 Å². The molecule has 2 aromatic rings. The lowest BCUT2D eigenvalue weighted by Gasteiger charge is -2.28. The van der Waals surface area contributed by atoms with E-state index in [1.54, 1.807) is 18.6 Å². The zero-order chi connectivity index (χ0) is 16.0. The Labute approximate surface area is 131 Å². The number of hydrogen-bond acceptors (Lipinski definition) is 5. The number of anilines is 1. The normalized spacial score (nSPS) is 22.7. The molecule has 22 heavy (non-hydrogen) atoms. The van der Waals surface area contributed by atoms with Gasteiger partial charge in [-0.25, -0.2) is 9.97 Å². The van der Waals surface area contributed by atoms with Gasteiger partial charge in [0.1, 0.15) is 11.6 Å². The quantitative estimate of drug-likeness (QED) is 0.944. The summed E-state index contributed by atoms with van der Waals surface area (Å²) in [6, 6.07) is 0.191. The molecular weight excluding hydrogens is 278 g/mol. The van der Waals surface area contributed by atoms with Crippen molar-refractivity contribution in [2.75, 3.05) is 5.32 Å². The summed E-state index contributed by atoms with van der Waals surface area (Å²) in [5, 5.41) is 3.48. The van der Waals surface area contributed by atoms with Crippen LogP contribution in [0.2, 0.25) is 0 Å². The first kappa shape index (κ1) is 15.0. The van der Waals surface area contributed by atoms with Gasteiger partial charge in [0.05, 0.1) is 29.6 Å². The number of aromatic nitrogens is 4. The number of rotatable bonds is 3. The number of nitrogens with one attached hydrogen (secondary N) is 1. The summed E-state index contributed by atoms with van der Waals surface area (Å²) in [5.74, 6) is 2.40. The summed E-state index contributed by atoms with van der Waals surface area (Å²) >= 11 is 0. The fourth-order valence-electron chi connectivity index (χ4n) is 3.13. The van der Waals surface area contributed by atoms with Crippen molar-refractivity contribution in [3.63, 3.8) is 0 Å². The van der Waals surface area contributed by atoms with Gasteiger partial charge in [0.2, 0.25) is 0 Å². The predicted octanol–water partition coefficient (Wildman–Crippen LogP) is 2.73. The van der Waals surface area contributed by atoms with Crippen molar-refractivity contribution in [2.45, 2.75) is 58.3 Å². The molecule has 0 aromatic carbocycles. The second-order valence-electron chi connectivity index (χ2n) is 6.97. The highest BCUT2D eigenvalue weighted by atomic mass is 16.5. The van der Waals surface area contributed by atoms with Crippen molar-refractivity contribution < 1.29 is 4.74 Å². The molecule has 2 aromatic heterocycles. The molecule has 1 N–H and O–H groups in total. The molecule has 1 aliphatic heterocycles. The summed E-state index contributed by atoms with van der Waals surface area (Å²) in [7, 11) is 0. The minimum absolute atomic E-state index is 0.132. The third kappa shape index (κ3) is 2.83. The minimum atomic E-state index is -0.244. The van der Waals surface area contributed by atoms with Crippen LogP contribution in [0.5, 0.6) is 0 Å². The first-order valence-electron chi connectivity index (χ1n) is 7.56. The second-order valence-corrected chi connectivity index (χ2v) is 6.97. The van der Waals surface area contributed by atoms with E-state index in [4.69, 9.17) is 4.74 Å². The monoisotopic (exact) mass is 301 g/mol. The third-order valence-electron chi connectivity index (χ3n) is 4.09. The topological polar surface area (TPSA) is 64.9 Å². The van der Waals surface area contributed by atoms with Crippen LogP contribution in [0.4, 0.5) is 5.82 Å². The lowest BCUT2D eigenvalue weighted by Crippen LogP contribution is -2.38. The average Bonchev–Trinajstić information content (AvgIpc) is 2.91. The van der Waals surface area contributed by atoms with E-state index in [0.29, 0.717) is 0 Å². The fraction of sp³-hybridized carbons (Fsp3) is 0.562. The number of aryl methyl sites for hydroxylation is 1. The Morgan fingerprint density at radius 3 is 2.64 bits per heavy atom. The van der Waals surface area contributed by atoms with E-state index in [-0.39, 0.29) is 17.2 Å². The van der Waals surface area contributed by atoms with Crippen LogP contribution in [0.25, 0.3) is 5.82 Å². The van der Waals surface area contributed by atoms with E-state index in [1.807, 2.05) is 17.7 Å². The maximum absolute atomic E-state index is 6.12. The minimum Gasteiger partial charge on any atom is -0.367 e. The first-order chi connectivity index (χ1) is 10.3. The predicted molar refractivity (Wildman–Crippen MR) is 85.2 cm³/mol. The summed E-state index contributed by atoms with van der Waals surface area (Å²) in [5.41, 5.74) is -0.376. The molecule has 1 unspecified atom stereocenters. The largest absolute Gasteiger partial charge is 0.367 e. The van der Waals surface area contributed by atoms with Crippen LogP contribution < -0.4 is 5.32 Å². The summed E-state index contributed by atoms with van der Waals surface area (Å²) in [6.07, 6.45) is 8.05. The fourth-order valence-corrected chi connectivity index (χ4v) is 3.13. The van der Waals surface area contributed by atoms with Crippen LogP contribution >= 0.6 is 0 Å². The maximum atomic E-state index is 6.12. The molecule has 0 spiro atoms. The molecule has 3 heterocycles. The maximum Gasteiger partial charge on any atom is 0.159 e. The lowest BCUT2D eigenvalue weighted by atomic mass is 9.94. The lowest BCUT2D eigenvalue weighted by molar-refractivity contribution is -0.0662. The summed E-state index contributed by atoms with van der Waals surface area (Å²) < 4.78 is 8.03. The first-order valence-corrected chi connectivity index (χ1v) is 7.56. The highest BCUT2D eigenvalue weighted by Crippen LogP contribution is 2.38. The summed E-state index contributed by atoms with van der Waals surface area (Å²) in [4.78, 5) is 13.2. The zero-order valence-electron chi connectivity index (χ0n) is 13.8. The number of nitrogens with zero attached hydrogens (tertiary/aromatic N) is 4. The van der Waals surface area contributed by atoms with E-state index in [1.165, 1.54) is 0 Å². The van der Waals surface area contributed by atoms with Crippen molar-refractivity contribution in [3.05, 3.63) is 30.6 Å². The molecule has 0 bridgehead atoms. The van der Waals surface area contributed by atoms with Crippen molar-refractivity contribution in [3.8, 4) is 5.82 Å². The number of imidazole rings is 1. The van der Waals surface area contributed by atoms with Crippen LogP contribution in [-0.2, 0) is 4.74 Å². The highest BCUT2D eigenvalue weighted by Gasteiger charge is 2.46. The molecule has 6 heteroatoms. The van der Waals surface area contributed by atoms with Crippen LogP contribution in [0.15, 0.2) is 24.8 Å². The van der Waals surface area contributed by atoms with Gasteiger partial charge in [-0.1, -0.05) is 0 Å². The molecule has 118 valence electrons. The molecule has 0 radical (unpaired) electrons. The Kier molecular flexibility index (Phi) is 3.44. The molecule has 0 aliphatic carbocycles. The van der Waals surface area contributed by atoms with E-state index in [9.17, 15) is 0 Å². The SMILES string of the molecule is Cc1nccn1-c1cncc(NC2CC(C)(C)OC2(C)C)n1. The molecule has 1 aliphatic rings. The summed E-state index contributed by atoms with van der Waals surface area (Å²) in [6.45, 7) is 10.4. The van der Waals surface area contributed by atoms with Gasteiger partial charge >= 0.3 is 0 Å². The molecule has 3 rings (SSSR count). The van der Waals surface area contributed by atoms with Crippen molar-refractivity contribution in [2.24, 2.45) is 0 Å². The molecule has 1 atom stereocenters. The highest BCUT2D eigenvalue weighted by molar-refractivity contribution is 5.39. The smallest absolute Gasteiger partial charge is 0.159 e. The number of hydrogen-bond donors (Lipinski definition) is 1. The van der Waals surface area contributed by atoms with Crippen LogP contribution in [0.1, 0.15) is 39.9 Å². The molecule has 0 saturated carbocycles. The Morgan fingerprint density at radius 1 is 1.27 bits per heavy atom. The standard InChI is InChI=1S/C16H23N5O/c1-11-18-6-7-21(11)14-10-17-9-13(20-14)19-12-8-15(2,3)22-16(12,4)5/h6-7,9-10,12H,8H2,1-5H3,(H,19,20). The Bertz CT molecular complexity index is 677. The Hall–Kier alpha value is -1.95. The van der Waals surface area contributed by atoms with E-state index in [0.717, 1.165) is 23.9 Å². The van der Waals surface area contributed by atoms with Gasteiger partial charge < -0.3 is 10.1 Å². The van der Waals surface area contributed by atoms with E-state index >= 15 is 0 Å². The second kappa shape index (κ2) is 5.05. The van der Waals surface area contributed by atoms with Crippen LogP contribution in [-0.4, -0.2) is 36.8 Å². The molecule has 1 saturated heterocycles. The van der Waals surface area contributed by atoms with Gasteiger partial charge in [-0.3, -0.25) is 9.55 Å². The van der Waals surface area contributed by atoms with Gasteiger partial charge in [0, 0.05) is 12.4 Å². The van der Waals surface area contributed by atoms with Crippen molar-refractivity contribution in [1.29, 1.82) is 0 Å². The van der Waals surface area contributed by atoms with E-state index < -0.39 is 0 Å². The Morgan fingerprint density at radius 2 is 2.05 bits per heavy atom. The van der Waals surface area contributed by atoms with Crippen LogP contribution in [0.3, 0.4) is 0 Å². The third-order valence-corrected chi connectivity index (χ3v) is 4.09. The van der Waals surface area contributed by atoms with Crippen molar-refractivity contribution >= 4 is 5.82 Å². The van der Waals surface area contributed by atoms with E-state index in [2.05, 4.69) is 48.0 Å². The van der Waals surface area contributed by atoms with Gasteiger partial charge in [0.15, 0.2) is 5.82 Å². The zero-order valence-corrected chi connectivity index (χ0v) is 13.8. The Balaban J connectivity index is 1.84. The van der Waals surface area contributed by atoms with Gasteiger partial charge in [0.25, 0.3) is 0 Å². The van der Waals surface area contributed by atoms with Crippen LogP contribution in [0, 0.1) is 6.92 Å². The molecule has 6 nitrogen and oxygen atoms in total. The number of ether oxygens (including phenoxy) is 1. The molecular formula is C16H23N5O. The van der Waals surface area contributed by atoms with Gasteiger partial charge in [-0.05, 0) is 41.0 Å². The average molecular weight is 301 g/mol.